The molecule has 0 saturated carbocycles. The number of benzene rings is 1. The Balaban J connectivity index is 1.54. The van der Waals surface area contributed by atoms with Crippen LogP contribution in [0.1, 0.15) is 23.8 Å². The highest BCUT2D eigenvalue weighted by molar-refractivity contribution is 8.00. The number of nitrogens with zero attached hydrogens (tertiary/aromatic N) is 2. The minimum Gasteiger partial charge on any atom is -0.497 e. The van der Waals surface area contributed by atoms with Crippen LogP contribution in [0.3, 0.4) is 0 Å². The molecule has 8 heteroatoms. The number of hydrogen-bond donors (Lipinski definition) is 1. The first kappa shape index (κ1) is 19.0. The largest absolute Gasteiger partial charge is 0.497 e. The number of carbonyl (C=O) groups is 1. The molecule has 1 atom stereocenters. The zero-order valence-electron chi connectivity index (χ0n) is 15.9. The van der Waals surface area contributed by atoms with Gasteiger partial charge in [-0.25, -0.2) is 4.98 Å². The van der Waals surface area contributed by atoms with Crippen LogP contribution in [0.25, 0.3) is 10.2 Å². The minimum atomic E-state index is -0.399. The predicted molar refractivity (Wildman–Crippen MR) is 114 cm³/mol. The molecule has 0 spiro atoms. The van der Waals surface area contributed by atoms with E-state index in [1.807, 2.05) is 6.92 Å². The minimum absolute atomic E-state index is 0.0188. The summed E-state index contributed by atoms with van der Waals surface area (Å²) in [6.07, 6.45) is 3.10. The highest BCUT2D eigenvalue weighted by Gasteiger charge is 2.24. The molecule has 4 rings (SSSR count). The van der Waals surface area contributed by atoms with E-state index in [4.69, 9.17) is 9.72 Å². The SMILES string of the molecule is COc1ccc(NC(=O)[C@@H](C)Sc2nc3sc4c(c3c(=O)n2C)CCC4)cc1. The van der Waals surface area contributed by atoms with Crippen LogP contribution in [0.15, 0.2) is 34.2 Å². The van der Waals surface area contributed by atoms with Crippen molar-refractivity contribution in [2.45, 2.75) is 36.6 Å². The number of thioether (sulfide) groups is 1. The lowest BCUT2D eigenvalue weighted by molar-refractivity contribution is -0.115. The topological polar surface area (TPSA) is 73.2 Å². The Kier molecular flexibility index (Phi) is 5.16. The lowest BCUT2D eigenvalue weighted by atomic mass is 10.2. The summed E-state index contributed by atoms with van der Waals surface area (Å²) in [7, 11) is 3.33. The van der Waals surface area contributed by atoms with Crippen molar-refractivity contribution < 1.29 is 9.53 Å². The van der Waals surface area contributed by atoms with E-state index in [1.54, 1.807) is 54.3 Å². The van der Waals surface area contributed by atoms with E-state index in [2.05, 4.69) is 5.32 Å². The molecule has 1 aliphatic carbocycles. The number of aryl methyl sites for hydroxylation is 2. The molecule has 0 fully saturated rings. The van der Waals surface area contributed by atoms with Gasteiger partial charge in [0.05, 0.1) is 17.7 Å². The molecule has 3 aromatic rings. The normalized spacial score (nSPS) is 14.1. The summed E-state index contributed by atoms with van der Waals surface area (Å²) >= 11 is 2.91. The number of anilines is 1. The molecule has 2 aromatic heterocycles. The lowest BCUT2D eigenvalue weighted by Crippen LogP contribution is -2.25. The Hall–Kier alpha value is -2.32. The number of methoxy groups -OCH3 is 1. The van der Waals surface area contributed by atoms with Crippen LogP contribution in [0.4, 0.5) is 5.69 Å². The van der Waals surface area contributed by atoms with Gasteiger partial charge in [-0.1, -0.05) is 11.8 Å². The van der Waals surface area contributed by atoms with Crippen molar-refractivity contribution in [2.75, 3.05) is 12.4 Å². The number of ether oxygens (including phenoxy) is 1. The molecule has 1 N–H and O–H groups in total. The van der Waals surface area contributed by atoms with Gasteiger partial charge >= 0.3 is 0 Å². The molecule has 0 radical (unpaired) electrons. The highest BCUT2D eigenvalue weighted by Crippen LogP contribution is 2.35. The van der Waals surface area contributed by atoms with E-state index in [0.717, 1.165) is 35.2 Å². The van der Waals surface area contributed by atoms with E-state index in [9.17, 15) is 9.59 Å². The Morgan fingerprint density at radius 1 is 1.32 bits per heavy atom. The van der Waals surface area contributed by atoms with Crippen molar-refractivity contribution in [3.8, 4) is 5.75 Å². The van der Waals surface area contributed by atoms with Crippen LogP contribution in [-0.2, 0) is 24.7 Å². The van der Waals surface area contributed by atoms with Gasteiger partial charge in [-0.15, -0.1) is 11.3 Å². The number of rotatable bonds is 5. The van der Waals surface area contributed by atoms with Gasteiger partial charge in [0.25, 0.3) is 5.56 Å². The average Bonchev–Trinajstić information content (AvgIpc) is 3.27. The maximum atomic E-state index is 12.9. The fourth-order valence-electron chi connectivity index (χ4n) is 3.34. The van der Waals surface area contributed by atoms with Gasteiger partial charge in [-0.3, -0.25) is 14.2 Å². The van der Waals surface area contributed by atoms with Crippen LogP contribution >= 0.6 is 23.1 Å². The summed E-state index contributed by atoms with van der Waals surface area (Å²) in [6.45, 7) is 1.81. The second kappa shape index (κ2) is 7.60. The Labute approximate surface area is 170 Å². The Bertz CT molecular complexity index is 1100. The van der Waals surface area contributed by atoms with Crippen LogP contribution in [0.5, 0.6) is 5.75 Å². The van der Waals surface area contributed by atoms with E-state index in [1.165, 1.54) is 22.2 Å². The van der Waals surface area contributed by atoms with E-state index >= 15 is 0 Å². The molecule has 146 valence electrons. The monoisotopic (exact) mass is 415 g/mol. The standard InChI is InChI=1S/C20H21N3O3S2/c1-11(17(24)21-12-7-9-13(26-3)10-8-12)27-20-22-18-16(19(25)23(20)2)14-5-4-6-15(14)28-18/h7-11H,4-6H2,1-3H3,(H,21,24)/t11-/m1/s1. The van der Waals surface area contributed by atoms with Gasteiger partial charge < -0.3 is 10.1 Å². The smallest absolute Gasteiger partial charge is 0.262 e. The summed E-state index contributed by atoms with van der Waals surface area (Å²) in [5.41, 5.74) is 1.86. The molecule has 0 unspecified atom stereocenters. The van der Waals surface area contributed by atoms with Gasteiger partial charge in [-0.05, 0) is 56.0 Å². The van der Waals surface area contributed by atoms with Crippen LogP contribution in [0, 0.1) is 0 Å². The first-order chi connectivity index (χ1) is 13.5. The van der Waals surface area contributed by atoms with Crippen LogP contribution in [0.2, 0.25) is 0 Å². The molecular formula is C20H21N3O3S2. The highest BCUT2D eigenvalue weighted by atomic mass is 32.2. The molecule has 28 heavy (non-hydrogen) atoms. The quantitative estimate of drug-likeness (QED) is 0.509. The average molecular weight is 416 g/mol. The molecule has 2 heterocycles. The summed E-state index contributed by atoms with van der Waals surface area (Å²) < 4.78 is 6.69. The number of aromatic nitrogens is 2. The number of amides is 1. The first-order valence-electron chi connectivity index (χ1n) is 9.10. The molecule has 0 bridgehead atoms. The Morgan fingerprint density at radius 3 is 2.79 bits per heavy atom. The van der Waals surface area contributed by atoms with Crippen molar-refractivity contribution in [3.63, 3.8) is 0 Å². The number of hydrogen-bond acceptors (Lipinski definition) is 6. The van der Waals surface area contributed by atoms with Crippen LogP contribution in [-0.4, -0.2) is 27.8 Å². The maximum Gasteiger partial charge on any atom is 0.262 e. The number of carbonyl (C=O) groups excluding carboxylic acids is 1. The third kappa shape index (κ3) is 3.42. The number of nitrogens with one attached hydrogen (secondary N) is 1. The molecule has 1 aromatic carbocycles. The predicted octanol–water partition coefficient (Wildman–Crippen LogP) is 3.61. The Morgan fingerprint density at radius 2 is 2.07 bits per heavy atom. The van der Waals surface area contributed by atoms with Crippen molar-refractivity contribution in [1.82, 2.24) is 9.55 Å². The molecular weight excluding hydrogens is 394 g/mol. The van der Waals surface area contributed by atoms with Gasteiger partial charge in [0.2, 0.25) is 5.91 Å². The van der Waals surface area contributed by atoms with E-state index in [0.29, 0.717) is 10.8 Å². The van der Waals surface area contributed by atoms with Gasteiger partial charge in [0.15, 0.2) is 5.16 Å². The van der Waals surface area contributed by atoms with Crippen molar-refractivity contribution in [3.05, 3.63) is 45.1 Å². The molecule has 1 amide bonds. The van der Waals surface area contributed by atoms with Crippen LogP contribution < -0.4 is 15.6 Å². The molecule has 0 saturated heterocycles. The van der Waals surface area contributed by atoms with E-state index in [-0.39, 0.29) is 11.5 Å². The van der Waals surface area contributed by atoms with Crippen molar-refractivity contribution in [2.24, 2.45) is 7.05 Å². The number of thiophene rings is 1. The molecule has 0 aliphatic heterocycles. The van der Waals surface area contributed by atoms with Crippen molar-refractivity contribution in [1.29, 1.82) is 0 Å². The zero-order valence-corrected chi connectivity index (χ0v) is 17.6. The first-order valence-corrected chi connectivity index (χ1v) is 10.8. The third-order valence-electron chi connectivity index (χ3n) is 4.91. The van der Waals surface area contributed by atoms with Gasteiger partial charge in [0.1, 0.15) is 10.6 Å². The van der Waals surface area contributed by atoms with E-state index < -0.39 is 5.25 Å². The summed E-state index contributed by atoms with van der Waals surface area (Å²) in [5.74, 6) is 0.592. The fourth-order valence-corrected chi connectivity index (χ4v) is 5.52. The maximum absolute atomic E-state index is 12.9. The summed E-state index contributed by atoms with van der Waals surface area (Å²) in [5, 5.41) is 3.82. The molecule has 6 nitrogen and oxygen atoms in total. The third-order valence-corrected chi connectivity index (χ3v) is 7.24. The summed E-state index contributed by atoms with van der Waals surface area (Å²) in [4.78, 5) is 32.2. The fraction of sp³-hybridized carbons (Fsp3) is 0.350. The second-order valence-electron chi connectivity index (χ2n) is 6.77. The van der Waals surface area contributed by atoms with Crippen molar-refractivity contribution >= 4 is 44.9 Å². The number of fused-ring (bicyclic) bond motifs is 3. The lowest BCUT2D eigenvalue weighted by Gasteiger charge is -2.14. The van der Waals surface area contributed by atoms with Gasteiger partial charge in [-0.2, -0.15) is 0 Å². The zero-order chi connectivity index (χ0) is 19.8. The summed E-state index contributed by atoms with van der Waals surface area (Å²) in [6, 6.07) is 7.17. The second-order valence-corrected chi connectivity index (χ2v) is 9.17. The molecule has 1 aliphatic rings. The van der Waals surface area contributed by atoms with Gasteiger partial charge in [0, 0.05) is 17.6 Å².